The zero-order valence-electron chi connectivity index (χ0n) is 9.03. The fraction of sp³-hybridized carbons (Fsp3) is 1.00. The van der Waals surface area contributed by atoms with Crippen LogP contribution >= 0.6 is 0 Å². The molecule has 0 aromatic carbocycles. The van der Waals surface area contributed by atoms with Crippen molar-refractivity contribution in [1.82, 2.24) is 4.90 Å². The Morgan fingerprint density at radius 1 is 1.38 bits per heavy atom. The number of hydrogen-bond acceptors (Lipinski definition) is 2. The first kappa shape index (κ1) is 9.47. The second kappa shape index (κ2) is 3.25. The molecule has 2 heteroatoms. The van der Waals surface area contributed by atoms with Gasteiger partial charge in [0.15, 0.2) is 0 Å². The van der Waals surface area contributed by atoms with Gasteiger partial charge in [-0.2, -0.15) is 0 Å². The van der Waals surface area contributed by atoms with E-state index in [2.05, 4.69) is 25.7 Å². The van der Waals surface area contributed by atoms with Crippen molar-refractivity contribution < 1.29 is 0 Å². The normalized spacial score (nSPS) is 48.0. The Balaban J connectivity index is 1.93. The van der Waals surface area contributed by atoms with E-state index in [1.807, 2.05) is 0 Å². The monoisotopic (exact) mass is 182 g/mol. The zero-order chi connectivity index (χ0) is 9.59. The van der Waals surface area contributed by atoms with Crippen molar-refractivity contribution in [1.29, 1.82) is 0 Å². The van der Waals surface area contributed by atoms with Gasteiger partial charge in [0.25, 0.3) is 0 Å². The second-order valence-electron chi connectivity index (χ2n) is 5.05. The minimum atomic E-state index is 0.413. The summed E-state index contributed by atoms with van der Waals surface area (Å²) in [4.78, 5) is 2.61. The van der Waals surface area contributed by atoms with Crippen LogP contribution in [0, 0.1) is 11.8 Å². The Morgan fingerprint density at radius 3 is 2.38 bits per heavy atom. The quantitative estimate of drug-likeness (QED) is 0.700. The predicted octanol–water partition coefficient (Wildman–Crippen LogP) is 1.45. The Bertz CT molecular complexity index is 193. The molecule has 2 nitrogen and oxygen atoms in total. The van der Waals surface area contributed by atoms with Crippen molar-refractivity contribution >= 4 is 0 Å². The Labute approximate surface area is 81.5 Å². The van der Waals surface area contributed by atoms with Gasteiger partial charge in [0.2, 0.25) is 0 Å². The summed E-state index contributed by atoms with van der Waals surface area (Å²) in [5, 5.41) is 0. The molecule has 0 aromatic rings. The van der Waals surface area contributed by atoms with Gasteiger partial charge in [0, 0.05) is 24.7 Å². The summed E-state index contributed by atoms with van der Waals surface area (Å²) in [6, 6.07) is 1.78. The molecule has 0 radical (unpaired) electrons. The highest BCUT2D eigenvalue weighted by molar-refractivity contribution is 4.97. The lowest BCUT2D eigenvalue weighted by Crippen LogP contribution is -2.42. The average Bonchev–Trinajstić information content (AvgIpc) is 2.73. The van der Waals surface area contributed by atoms with E-state index in [-0.39, 0.29) is 0 Å². The van der Waals surface area contributed by atoms with E-state index in [4.69, 9.17) is 5.73 Å². The summed E-state index contributed by atoms with van der Waals surface area (Å²) in [6.45, 7) is 8.23. The molecule has 2 N–H and O–H groups in total. The van der Waals surface area contributed by atoms with Crippen molar-refractivity contribution in [2.75, 3.05) is 6.54 Å². The minimum absolute atomic E-state index is 0.413. The maximum Gasteiger partial charge on any atom is 0.0222 e. The van der Waals surface area contributed by atoms with Crippen molar-refractivity contribution in [3.63, 3.8) is 0 Å². The average molecular weight is 182 g/mol. The lowest BCUT2D eigenvalue weighted by atomic mass is 10.1. The zero-order valence-corrected chi connectivity index (χ0v) is 9.03. The number of likely N-dealkylation sites (tertiary alicyclic amines) is 1. The summed E-state index contributed by atoms with van der Waals surface area (Å²) in [6.07, 6.45) is 2.62. The van der Waals surface area contributed by atoms with Crippen molar-refractivity contribution in [2.45, 2.75) is 51.7 Å². The Morgan fingerprint density at radius 2 is 2.00 bits per heavy atom. The topological polar surface area (TPSA) is 29.3 Å². The van der Waals surface area contributed by atoms with Crippen molar-refractivity contribution in [3.8, 4) is 0 Å². The highest BCUT2D eigenvalue weighted by atomic mass is 15.2. The molecule has 2 aliphatic rings. The third-order valence-electron chi connectivity index (χ3n) is 4.18. The largest absolute Gasteiger partial charge is 0.326 e. The van der Waals surface area contributed by atoms with Crippen LogP contribution in [0.15, 0.2) is 0 Å². The molecule has 1 heterocycles. The molecule has 1 aliphatic carbocycles. The van der Waals surface area contributed by atoms with E-state index in [0.717, 1.165) is 17.9 Å². The molecule has 0 bridgehead atoms. The maximum atomic E-state index is 6.02. The van der Waals surface area contributed by atoms with Gasteiger partial charge in [-0.25, -0.2) is 0 Å². The van der Waals surface area contributed by atoms with E-state index in [9.17, 15) is 0 Å². The van der Waals surface area contributed by atoms with Gasteiger partial charge in [0.05, 0.1) is 0 Å². The van der Waals surface area contributed by atoms with Crippen LogP contribution < -0.4 is 5.73 Å². The van der Waals surface area contributed by atoms with Gasteiger partial charge in [0.1, 0.15) is 0 Å². The van der Waals surface area contributed by atoms with Crippen molar-refractivity contribution in [2.24, 2.45) is 17.6 Å². The van der Waals surface area contributed by atoms with Crippen molar-refractivity contribution in [3.05, 3.63) is 0 Å². The molecule has 2 fully saturated rings. The fourth-order valence-electron chi connectivity index (χ4n) is 2.83. The van der Waals surface area contributed by atoms with E-state index in [0.29, 0.717) is 12.1 Å². The van der Waals surface area contributed by atoms with Crippen LogP contribution in [0.4, 0.5) is 0 Å². The highest BCUT2D eigenvalue weighted by Gasteiger charge is 2.43. The van der Waals surface area contributed by atoms with Crippen LogP contribution in [-0.2, 0) is 0 Å². The molecule has 0 spiro atoms. The van der Waals surface area contributed by atoms with Crippen LogP contribution in [0.3, 0.4) is 0 Å². The standard InChI is InChI=1S/C11H22N2/c1-7-6-10(7)8(2)13-5-4-11(12)9(13)3/h7-11H,4-6,12H2,1-3H3. The highest BCUT2D eigenvalue weighted by Crippen LogP contribution is 2.43. The first-order valence-electron chi connectivity index (χ1n) is 5.62. The molecule has 1 saturated carbocycles. The van der Waals surface area contributed by atoms with Gasteiger partial charge in [-0.1, -0.05) is 6.92 Å². The summed E-state index contributed by atoms with van der Waals surface area (Å²) >= 11 is 0. The summed E-state index contributed by atoms with van der Waals surface area (Å²) in [7, 11) is 0. The van der Waals surface area contributed by atoms with E-state index in [1.165, 1.54) is 19.4 Å². The first-order chi connectivity index (χ1) is 6.11. The number of rotatable bonds is 2. The first-order valence-corrected chi connectivity index (χ1v) is 5.62. The summed E-state index contributed by atoms with van der Waals surface area (Å²) in [5.74, 6) is 1.91. The van der Waals surface area contributed by atoms with Gasteiger partial charge < -0.3 is 5.73 Å². The fourth-order valence-corrected chi connectivity index (χ4v) is 2.83. The maximum absolute atomic E-state index is 6.02. The Kier molecular flexibility index (Phi) is 2.37. The number of nitrogens with two attached hydrogens (primary N) is 1. The number of nitrogens with zero attached hydrogens (tertiary/aromatic N) is 1. The summed E-state index contributed by atoms with van der Waals surface area (Å²) in [5.41, 5.74) is 6.02. The van der Waals surface area contributed by atoms with Crippen LogP contribution in [0.2, 0.25) is 0 Å². The molecule has 1 saturated heterocycles. The molecule has 13 heavy (non-hydrogen) atoms. The molecule has 0 amide bonds. The molecule has 5 atom stereocenters. The van der Waals surface area contributed by atoms with Crippen LogP contribution in [-0.4, -0.2) is 29.6 Å². The van der Waals surface area contributed by atoms with E-state index in [1.54, 1.807) is 0 Å². The third kappa shape index (κ3) is 1.62. The van der Waals surface area contributed by atoms with Crippen LogP contribution in [0.5, 0.6) is 0 Å². The van der Waals surface area contributed by atoms with Gasteiger partial charge in [-0.15, -0.1) is 0 Å². The van der Waals surface area contributed by atoms with Crippen LogP contribution in [0.25, 0.3) is 0 Å². The molecule has 76 valence electrons. The minimum Gasteiger partial charge on any atom is -0.326 e. The van der Waals surface area contributed by atoms with E-state index >= 15 is 0 Å². The molecule has 2 rings (SSSR count). The SMILES string of the molecule is CC1CC1C(C)N1CCC(N)C1C. The lowest BCUT2D eigenvalue weighted by Gasteiger charge is -2.30. The predicted molar refractivity (Wildman–Crippen MR) is 55.5 cm³/mol. The molecule has 0 aromatic heterocycles. The molecule has 5 unspecified atom stereocenters. The number of hydrogen-bond donors (Lipinski definition) is 1. The van der Waals surface area contributed by atoms with Gasteiger partial charge >= 0.3 is 0 Å². The second-order valence-corrected chi connectivity index (χ2v) is 5.05. The lowest BCUT2D eigenvalue weighted by molar-refractivity contribution is 0.174. The van der Waals surface area contributed by atoms with Gasteiger partial charge in [-0.05, 0) is 38.5 Å². The smallest absolute Gasteiger partial charge is 0.0222 e. The Hall–Kier alpha value is -0.0800. The molecular formula is C11H22N2. The van der Waals surface area contributed by atoms with E-state index < -0.39 is 0 Å². The third-order valence-corrected chi connectivity index (χ3v) is 4.18. The molecular weight excluding hydrogens is 160 g/mol. The van der Waals surface area contributed by atoms with Gasteiger partial charge in [-0.3, -0.25) is 4.90 Å². The van der Waals surface area contributed by atoms with Crippen LogP contribution in [0.1, 0.15) is 33.6 Å². The molecule has 1 aliphatic heterocycles. The summed E-state index contributed by atoms with van der Waals surface area (Å²) < 4.78 is 0.